The first kappa shape index (κ1) is 29.0. The first-order valence-corrected chi connectivity index (χ1v) is 14.0. The molecule has 220 valence electrons. The zero-order chi connectivity index (χ0) is 30.0. The second kappa shape index (κ2) is 11.8. The molecule has 0 aliphatic carbocycles. The number of benzene rings is 2. The topological polar surface area (TPSA) is 98.6 Å². The van der Waals surface area contributed by atoms with Crippen molar-refractivity contribution in [3.05, 3.63) is 77.4 Å². The second-order valence-corrected chi connectivity index (χ2v) is 11.6. The van der Waals surface area contributed by atoms with Crippen molar-refractivity contribution in [2.75, 3.05) is 20.2 Å². The van der Waals surface area contributed by atoms with Gasteiger partial charge in [0.15, 0.2) is 5.65 Å². The fraction of sp³-hybridized carbons (Fsp3) is 0.375. The van der Waals surface area contributed by atoms with Crippen LogP contribution in [0.3, 0.4) is 0 Å². The van der Waals surface area contributed by atoms with Gasteiger partial charge >= 0.3 is 6.09 Å². The molecular weight excluding hydrogens is 537 g/mol. The minimum Gasteiger partial charge on any atom is -0.497 e. The van der Waals surface area contributed by atoms with Crippen LogP contribution in [0.4, 0.5) is 9.18 Å². The van der Waals surface area contributed by atoms with Crippen LogP contribution in [-0.2, 0) is 22.6 Å². The summed E-state index contributed by atoms with van der Waals surface area (Å²) >= 11 is 0. The molecular formula is C32H36FN5O4. The van der Waals surface area contributed by atoms with Gasteiger partial charge in [0.25, 0.3) is 0 Å². The van der Waals surface area contributed by atoms with Crippen molar-refractivity contribution >= 4 is 23.0 Å². The Morgan fingerprint density at radius 3 is 2.55 bits per heavy atom. The van der Waals surface area contributed by atoms with Gasteiger partial charge < -0.3 is 19.7 Å². The molecule has 2 aromatic heterocycles. The number of amides is 2. The van der Waals surface area contributed by atoms with Crippen molar-refractivity contribution in [1.82, 2.24) is 25.0 Å². The van der Waals surface area contributed by atoms with E-state index in [0.717, 1.165) is 28.0 Å². The lowest BCUT2D eigenvalue weighted by Gasteiger charge is -2.24. The molecule has 5 rings (SSSR count). The van der Waals surface area contributed by atoms with Crippen LogP contribution in [-0.4, -0.2) is 57.5 Å². The van der Waals surface area contributed by atoms with E-state index in [0.29, 0.717) is 42.8 Å². The number of rotatable bonds is 7. The smallest absolute Gasteiger partial charge is 0.410 e. The lowest BCUT2D eigenvalue weighted by atomic mass is 9.95. The Bertz CT molecular complexity index is 1610. The molecule has 4 aromatic rings. The average molecular weight is 574 g/mol. The third-order valence-electron chi connectivity index (χ3n) is 7.27. The number of carbonyl (C=O) groups excluding carboxylic acids is 2. The summed E-state index contributed by atoms with van der Waals surface area (Å²) in [7, 11) is 1.63. The molecule has 0 radical (unpaired) electrons. The van der Waals surface area contributed by atoms with E-state index in [4.69, 9.17) is 19.6 Å². The number of likely N-dealkylation sites (tertiary alicyclic amines) is 1. The maximum Gasteiger partial charge on any atom is 0.410 e. The first-order valence-electron chi connectivity index (χ1n) is 14.0. The Morgan fingerprint density at radius 1 is 1.12 bits per heavy atom. The number of nitrogens with zero attached hydrogens (tertiary/aromatic N) is 4. The fourth-order valence-electron chi connectivity index (χ4n) is 5.22. The van der Waals surface area contributed by atoms with Crippen LogP contribution in [0.5, 0.6) is 5.75 Å². The Kier molecular flexibility index (Phi) is 8.15. The fourth-order valence-corrected chi connectivity index (χ4v) is 5.22. The molecule has 10 heteroatoms. The number of halogens is 1. The van der Waals surface area contributed by atoms with Crippen LogP contribution in [0.25, 0.3) is 22.2 Å². The molecule has 1 fully saturated rings. The standard InChI is InChI=1S/C32H36FN5O4/c1-20(39)35-17-23-9-8-22(16-27(23)33)26-12-14-34-30-28(26)29(24-13-15-37(19-24)31(40)42-32(2,3)4)36-38(30)18-21-6-10-25(41-5)11-7-21/h6-12,14,16,24H,13,15,17-19H2,1-5H3,(H,35,39). The zero-order valence-corrected chi connectivity index (χ0v) is 24.6. The summed E-state index contributed by atoms with van der Waals surface area (Å²) in [6, 6.07) is 14.7. The molecule has 1 N–H and O–H groups in total. The van der Waals surface area contributed by atoms with Crippen LogP contribution in [0.1, 0.15) is 56.9 Å². The number of hydrogen-bond acceptors (Lipinski definition) is 6. The second-order valence-electron chi connectivity index (χ2n) is 11.6. The van der Waals surface area contributed by atoms with Crippen LogP contribution < -0.4 is 10.1 Å². The van der Waals surface area contributed by atoms with E-state index in [2.05, 4.69) is 5.32 Å². The van der Waals surface area contributed by atoms with Gasteiger partial charge in [-0.25, -0.2) is 18.9 Å². The third-order valence-corrected chi connectivity index (χ3v) is 7.27. The number of pyridine rings is 1. The Hall–Kier alpha value is -4.47. The molecule has 42 heavy (non-hydrogen) atoms. The highest BCUT2D eigenvalue weighted by atomic mass is 19.1. The highest BCUT2D eigenvalue weighted by molar-refractivity contribution is 5.95. The summed E-state index contributed by atoms with van der Waals surface area (Å²) in [5, 5.41) is 8.53. The number of aromatic nitrogens is 3. The van der Waals surface area contributed by atoms with E-state index >= 15 is 4.39 Å². The molecule has 1 unspecified atom stereocenters. The predicted octanol–water partition coefficient (Wildman–Crippen LogP) is 5.65. The van der Waals surface area contributed by atoms with Crippen molar-refractivity contribution in [3.63, 3.8) is 0 Å². The molecule has 1 atom stereocenters. The molecule has 1 aliphatic heterocycles. The Morgan fingerprint density at radius 2 is 1.88 bits per heavy atom. The number of fused-ring (bicyclic) bond motifs is 1. The van der Waals surface area contributed by atoms with Gasteiger partial charge in [0.2, 0.25) is 5.91 Å². The number of hydrogen-bond donors (Lipinski definition) is 1. The van der Waals surface area contributed by atoms with E-state index in [9.17, 15) is 9.59 Å². The molecule has 9 nitrogen and oxygen atoms in total. The van der Waals surface area contributed by atoms with E-state index in [1.165, 1.54) is 13.0 Å². The normalized spacial score (nSPS) is 15.2. The Labute approximate surface area is 244 Å². The van der Waals surface area contributed by atoms with Gasteiger partial charge in [0.1, 0.15) is 17.2 Å². The molecule has 3 heterocycles. The van der Waals surface area contributed by atoms with Gasteiger partial charge in [0.05, 0.1) is 24.7 Å². The monoisotopic (exact) mass is 573 g/mol. The number of ether oxygens (including phenoxy) is 2. The third kappa shape index (κ3) is 6.37. The van der Waals surface area contributed by atoms with Gasteiger partial charge in [-0.2, -0.15) is 5.10 Å². The van der Waals surface area contributed by atoms with Crippen LogP contribution >= 0.6 is 0 Å². The predicted molar refractivity (Wildman–Crippen MR) is 158 cm³/mol. The van der Waals surface area contributed by atoms with Crippen molar-refractivity contribution in [3.8, 4) is 16.9 Å². The number of nitrogens with one attached hydrogen (secondary N) is 1. The van der Waals surface area contributed by atoms with E-state index < -0.39 is 11.4 Å². The molecule has 2 aromatic carbocycles. The summed E-state index contributed by atoms with van der Waals surface area (Å²) in [6.45, 7) is 8.56. The number of carbonyl (C=O) groups is 2. The molecule has 1 aliphatic rings. The lowest BCUT2D eigenvalue weighted by molar-refractivity contribution is -0.119. The lowest BCUT2D eigenvalue weighted by Crippen LogP contribution is -2.35. The van der Waals surface area contributed by atoms with Gasteiger partial charge in [-0.1, -0.05) is 24.3 Å². The van der Waals surface area contributed by atoms with Crippen LogP contribution in [0, 0.1) is 5.82 Å². The molecule has 0 bridgehead atoms. The van der Waals surface area contributed by atoms with Crippen molar-refractivity contribution in [2.24, 2.45) is 0 Å². The maximum absolute atomic E-state index is 15.2. The summed E-state index contributed by atoms with van der Waals surface area (Å²) < 4.78 is 28.0. The average Bonchev–Trinajstić information content (AvgIpc) is 3.57. The van der Waals surface area contributed by atoms with E-state index in [-0.39, 0.29) is 24.5 Å². The van der Waals surface area contributed by atoms with Gasteiger partial charge in [0, 0.05) is 44.2 Å². The van der Waals surface area contributed by atoms with E-state index in [1.807, 2.05) is 61.9 Å². The quantitative estimate of drug-likeness (QED) is 0.307. The molecule has 0 saturated carbocycles. The first-order chi connectivity index (χ1) is 20.0. The van der Waals surface area contributed by atoms with Crippen molar-refractivity contribution in [1.29, 1.82) is 0 Å². The highest BCUT2D eigenvalue weighted by Crippen LogP contribution is 2.38. The summed E-state index contributed by atoms with van der Waals surface area (Å²) in [5.41, 5.74) is 3.81. The minimum atomic E-state index is -0.588. The maximum atomic E-state index is 15.2. The SMILES string of the molecule is COc1ccc(Cn2nc(C3CCN(C(=O)OC(C)(C)C)C3)c3c(-c4ccc(CNC(C)=O)c(F)c4)ccnc32)cc1. The van der Waals surface area contributed by atoms with Crippen molar-refractivity contribution in [2.45, 2.75) is 58.7 Å². The molecule has 1 saturated heterocycles. The highest BCUT2D eigenvalue weighted by Gasteiger charge is 2.34. The van der Waals surface area contributed by atoms with Gasteiger partial charge in [-0.3, -0.25) is 4.79 Å². The summed E-state index contributed by atoms with van der Waals surface area (Å²) in [6.07, 6.45) is 2.08. The summed E-state index contributed by atoms with van der Waals surface area (Å²) in [5.74, 6) is 0.0851. The minimum absolute atomic E-state index is 0.0519. The molecule has 2 amide bonds. The largest absolute Gasteiger partial charge is 0.497 e. The Balaban J connectivity index is 1.55. The van der Waals surface area contributed by atoms with Crippen molar-refractivity contribution < 1.29 is 23.5 Å². The van der Waals surface area contributed by atoms with E-state index in [1.54, 1.807) is 24.3 Å². The number of methoxy groups -OCH3 is 1. The van der Waals surface area contributed by atoms with Gasteiger partial charge in [-0.15, -0.1) is 0 Å². The van der Waals surface area contributed by atoms with Crippen LogP contribution in [0.2, 0.25) is 0 Å². The van der Waals surface area contributed by atoms with Gasteiger partial charge in [-0.05, 0) is 68.1 Å². The molecule has 0 spiro atoms. The zero-order valence-electron chi connectivity index (χ0n) is 24.6. The summed E-state index contributed by atoms with van der Waals surface area (Å²) in [4.78, 5) is 30.6. The van der Waals surface area contributed by atoms with Crippen LogP contribution in [0.15, 0.2) is 54.7 Å².